The van der Waals surface area contributed by atoms with Crippen LogP contribution in [0.3, 0.4) is 0 Å². The van der Waals surface area contributed by atoms with Gasteiger partial charge < -0.3 is 9.84 Å². The zero-order chi connectivity index (χ0) is 13.3. The Bertz CT molecular complexity index is 270. The summed E-state index contributed by atoms with van der Waals surface area (Å²) in [4.78, 5) is 16.7. The Hall–Kier alpha value is -0.650. The van der Waals surface area contributed by atoms with E-state index < -0.39 is 5.97 Å². The number of hydrogen-bond donors (Lipinski definition) is 1. The van der Waals surface area contributed by atoms with Gasteiger partial charge in [0, 0.05) is 11.1 Å². The van der Waals surface area contributed by atoms with Crippen molar-refractivity contribution in [3.8, 4) is 0 Å². The van der Waals surface area contributed by atoms with Crippen LogP contribution in [0.4, 0.5) is 0 Å². The highest BCUT2D eigenvalue weighted by Crippen LogP contribution is 2.38. The molecule has 1 heterocycles. The highest BCUT2D eigenvalue weighted by Gasteiger charge is 2.46. The normalized spacial score (nSPS) is 24.6. The van der Waals surface area contributed by atoms with Crippen molar-refractivity contribution in [1.82, 2.24) is 5.06 Å². The Labute approximate surface area is 103 Å². The second kappa shape index (κ2) is 4.92. The standard InChI is InChI=1S/C12H23NO4/c1-11(2)6-9(14)7-12(3,4)13(11)17-8-10(15)16-5/h9,14H,6-8H2,1-5H3. The highest BCUT2D eigenvalue weighted by atomic mass is 16.7. The molecule has 1 N–H and O–H groups in total. The van der Waals surface area contributed by atoms with Crippen molar-refractivity contribution >= 4 is 5.97 Å². The fourth-order valence-corrected chi connectivity index (χ4v) is 2.74. The summed E-state index contributed by atoms with van der Waals surface area (Å²) < 4.78 is 4.56. The van der Waals surface area contributed by atoms with Crippen LogP contribution in [-0.2, 0) is 14.4 Å². The number of carbonyl (C=O) groups excluding carboxylic acids is 1. The smallest absolute Gasteiger partial charge is 0.333 e. The Morgan fingerprint density at radius 3 is 2.18 bits per heavy atom. The Balaban J connectivity index is 2.75. The van der Waals surface area contributed by atoms with Crippen molar-refractivity contribution in [3.63, 3.8) is 0 Å². The topological polar surface area (TPSA) is 59.0 Å². The first-order valence-electron chi connectivity index (χ1n) is 5.87. The third-order valence-electron chi connectivity index (χ3n) is 3.11. The molecule has 1 saturated heterocycles. The van der Waals surface area contributed by atoms with E-state index in [2.05, 4.69) is 4.74 Å². The van der Waals surface area contributed by atoms with Gasteiger partial charge in [-0.05, 0) is 40.5 Å². The van der Waals surface area contributed by atoms with Crippen LogP contribution in [0.2, 0.25) is 0 Å². The van der Waals surface area contributed by atoms with Crippen LogP contribution in [-0.4, -0.2) is 47.0 Å². The maximum Gasteiger partial charge on any atom is 0.333 e. The Morgan fingerprint density at radius 1 is 1.29 bits per heavy atom. The van der Waals surface area contributed by atoms with E-state index in [-0.39, 0.29) is 23.8 Å². The number of aliphatic hydroxyl groups excluding tert-OH is 1. The van der Waals surface area contributed by atoms with E-state index in [0.29, 0.717) is 12.8 Å². The number of rotatable bonds is 3. The predicted molar refractivity (Wildman–Crippen MR) is 63.2 cm³/mol. The number of esters is 1. The molecular formula is C12H23NO4. The summed E-state index contributed by atoms with van der Waals surface area (Å²) in [6, 6.07) is 0. The van der Waals surface area contributed by atoms with Crippen LogP contribution in [0, 0.1) is 0 Å². The summed E-state index contributed by atoms with van der Waals surface area (Å²) in [5, 5.41) is 11.7. The third-order valence-corrected chi connectivity index (χ3v) is 3.11. The molecule has 0 unspecified atom stereocenters. The molecule has 100 valence electrons. The van der Waals surface area contributed by atoms with Crippen molar-refractivity contribution in [3.05, 3.63) is 0 Å². The van der Waals surface area contributed by atoms with Crippen LogP contribution < -0.4 is 0 Å². The summed E-state index contributed by atoms with van der Waals surface area (Å²) in [5.41, 5.74) is -0.621. The molecule has 1 rings (SSSR count). The van der Waals surface area contributed by atoms with Gasteiger partial charge in [0.25, 0.3) is 0 Å². The molecule has 0 bridgehead atoms. The van der Waals surface area contributed by atoms with E-state index >= 15 is 0 Å². The largest absolute Gasteiger partial charge is 0.467 e. The minimum Gasteiger partial charge on any atom is -0.467 e. The van der Waals surface area contributed by atoms with Gasteiger partial charge in [0.2, 0.25) is 0 Å². The molecule has 0 atom stereocenters. The highest BCUT2D eigenvalue weighted by molar-refractivity contribution is 5.70. The van der Waals surface area contributed by atoms with Gasteiger partial charge in [0.1, 0.15) is 0 Å². The lowest BCUT2D eigenvalue weighted by Gasteiger charge is -2.52. The molecular weight excluding hydrogens is 222 g/mol. The number of nitrogens with zero attached hydrogens (tertiary/aromatic N) is 1. The molecule has 1 aliphatic rings. The fraction of sp³-hybridized carbons (Fsp3) is 0.917. The maximum absolute atomic E-state index is 11.1. The quantitative estimate of drug-likeness (QED) is 0.755. The molecule has 1 aliphatic heterocycles. The number of piperidine rings is 1. The van der Waals surface area contributed by atoms with Crippen LogP contribution in [0.1, 0.15) is 40.5 Å². The zero-order valence-corrected chi connectivity index (χ0v) is 11.3. The van der Waals surface area contributed by atoms with Crippen molar-refractivity contribution in [2.24, 2.45) is 0 Å². The fourth-order valence-electron chi connectivity index (χ4n) is 2.74. The van der Waals surface area contributed by atoms with Gasteiger partial charge in [-0.25, -0.2) is 4.79 Å². The SMILES string of the molecule is COC(=O)CON1C(C)(C)CC(O)CC1(C)C. The van der Waals surface area contributed by atoms with Gasteiger partial charge in [-0.15, -0.1) is 0 Å². The molecule has 5 nitrogen and oxygen atoms in total. The van der Waals surface area contributed by atoms with Gasteiger partial charge in [0.15, 0.2) is 6.61 Å². The minimum atomic E-state index is -0.400. The van der Waals surface area contributed by atoms with E-state index in [1.165, 1.54) is 7.11 Å². The van der Waals surface area contributed by atoms with Gasteiger partial charge in [0.05, 0.1) is 13.2 Å². The lowest BCUT2D eigenvalue weighted by molar-refractivity contribution is -0.290. The lowest BCUT2D eigenvalue weighted by Crippen LogP contribution is -2.61. The average Bonchev–Trinajstić information content (AvgIpc) is 2.12. The third kappa shape index (κ3) is 3.40. The van der Waals surface area contributed by atoms with Gasteiger partial charge in [-0.3, -0.25) is 4.84 Å². The van der Waals surface area contributed by atoms with Crippen LogP contribution in [0.25, 0.3) is 0 Å². The Kier molecular flexibility index (Phi) is 4.17. The molecule has 0 saturated carbocycles. The summed E-state index contributed by atoms with van der Waals surface area (Å²) in [5.74, 6) is -0.400. The number of ether oxygens (including phenoxy) is 1. The second-order valence-corrected chi connectivity index (χ2v) is 5.83. The molecule has 0 aliphatic carbocycles. The molecule has 0 amide bonds. The summed E-state index contributed by atoms with van der Waals surface area (Å²) in [6.07, 6.45) is 0.910. The summed E-state index contributed by atoms with van der Waals surface area (Å²) in [6.45, 7) is 7.88. The number of carbonyl (C=O) groups is 1. The van der Waals surface area contributed by atoms with Gasteiger partial charge in [-0.1, -0.05) is 0 Å². The van der Waals surface area contributed by atoms with Crippen molar-refractivity contribution in [2.75, 3.05) is 13.7 Å². The monoisotopic (exact) mass is 245 g/mol. The summed E-state index contributed by atoms with van der Waals surface area (Å²) in [7, 11) is 1.34. The van der Waals surface area contributed by atoms with E-state index in [1.807, 2.05) is 32.8 Å². The van der Waals surface area contributed by atoms with Gasteiger partial charge in [-0.2, -0.15) is 5.06 Å². The molecule has 0 aromatic carbocycles. The van der Waals surface area contributed by atoms with Crippen LogP contribution >= 0.6 is 0 Å². The zero-order valence-electron chi connectivity index (χ0n) is 11.3. The molecule has 1 fully saturated rings. The Morgan fingerprint density at radius 2 is 1.76 bits per heavy atom. The van der Waals surface area contributed by atoms with Crippen LogP contribution in [0.15, 0.2) is 0 Å². The maximum atomic E-state index is 11.1. The van der Waals surface area contributed by atoms with Crippen LogP contribution in [0.5, 0.6) is 0 Å². The van der Waals surface area contributed by atoms with Crippen molar-refractivity contribution < 1.29 is 19.5 Å². The first kappa shape index (κ1) is 14.4. The van der Waals surface area contributed by atoms with E-state index in [9.17, 15) is 9.90 Å². The molecule has 0 radical (unpaired) electrons. The predicted octanol–water partition coefficient (Wildman–Crippen LogP) is 1.10. The second-order valence-electron chi connectivity index (χ2n) is 5.83. The molecule has 0 aromatic heterocycles. The first-order chi connectivity index (χ1) is 7.69. The van der Waals surface area contributed by atoms with E-state index in [0.717, 1.165) is 0 Å². The average molecular weight is 245 g/mol. The van der Waals surface area contributed by atoms with Crippen molar-refractivity contribution in [1.29, 1.82) is 0 Å². The molecule has 17 heavy (non-hydrogen) atoms. The number of methoxy groups -OCH3 is 1. The van der Waals surface area contributed by atoms with Gasteiger partial charge >= 0.3 is 5.97 Å². The molecule has 5 heteroatoms. The molecule has 0 aromatic rings. The number of hydroxylamine groups is 2. The number of aliphatic hydroxyl groups is 1. The van der Waals surface area contributed by atoms with Crippen molar-refractivity contribution in [2.45, 2.75) is 57.7 Å². The minimum absolute atomic E-state index is 0.0978. The van der Waals surface area contributed by atoms with E-state index in [4.69, 9.17) is 4.84 Å². The summed E-state index contributed by atoms with van der Waals surface area (Å²) >= 11 is 0. The molecule has 0 spiro atoms. The lowest BCUT2D eigenvalue weighted by atomic mass is 9.80. The first-order valence-corrected chi connectivity index (χ1v) is 5.87. The van der Waals surface area contributed by atoms with E-state index in [1.54, 1.807) is 0 Å². The number of hydrogen-bond acceptors (Lipinski definition) is 5.